The molecule has 0 N–H and O–H groups in total. The fourth-order valence-electron chi connectivity index (χ4n) is 1.46. The van der Waals surface area contributed by atoms with Gasteiger partial charge in [0.2, 0.25) is 0 Å². The van der Waals surface area contributed by atoms with E-state index in [4.69, 9.17) is 14.2 Å². The summed E-state index contributed by atoms with van der Waals surface area (Å²) in [6.07, 6.45) is 5.71. The molecule has 21 heavy (non-hydrogen) atoms. The van der Waals surface area contributed by atoms with Gasteiger partial charge < -0.3 is 14.2 Å². The van der Waals surface area contributed by atoms with Gasteiger partial charge in [-0.15, -0.1) is 0 Å². The van der Waals surface area contributed by atoms with Gasteiger partial charge in [-0.3, -0.25) is 0 Å². The molecule has 0 rings (SSSR count). The largest absolute Gasteiger partial charge is 0.386 e. The zero-order valence-electron chi connectivity index (χ0n) is 13.6. The first-order chi connectivity index (χ1) is 9.92. The second kappa shape index (κ2) is 11.2. The number of hydrogen-bond donors (Lipinski definition) is 0. The van der Waals surface area contributed by atoms with Crippen LogP contribution in [0.15, 0.2) is 23.3 Å². The minimum Gasteiger partial charge on any atom is -0.386 e. The van der Waals surface area contributed by atoms with E-state index in [0.717, 1.165) is 6.42 Å². The lowest BCUT2D eigenvalue weighted by Gasteiger charge is -2.07. The van der Waals surface area contributed by atoms with Gasteiger partial charge in [0.25, 0.3) is 0 Å². The fourth-order valence-corrected chi connectivity index (χ4v) is 1.46. The van der Waals surface area contributed by atoms with E-state index in [-0.39, 0.29) is 6.10 Å². The van der Waals surface area contributed by atoms with Gasteiger partial charge in [0.1, 0.15) is 0 Å². The Morgan fingerprint density at radius 1 is 1.00 bits per heavy atom. The van der Waals surface area contributed by atoms with Gasteiger partial charge in [0.15, 0.2) is 0 Å². The SMILES string of the molecule is COCCC=C(C)C(=O)OC(=O)C(C)=CCCC(C)OC. The van der Waals surface area contributed by atoms with Gasteiger partial charge in [-0.1, -0.05) is 12.2 Å². The summed E-state index contributed by atoms with van der Waals surface area (Å²) >= 11 is 0. The lowest BCUT2D eigenvalue weighted by Crippen LogP contribution is -2.14. The van der Waals surface area contributed by atoms with Crippen molar-refractivity contribution in [3.05, 3.63) is 23.3 Å². The van der Waals surface area contributed by atoms with Gasteiger partial charge in [-0.2, -0.15) is 0 Å². The van der Waals surface area contributed by atoms with E-state index in [1.807, 2.05) is 6.92 Å². The second-order valence-electron chi connectivity index (χ2n) is 4.86. The van der Waals surface area contributed by atoms with Gasteiger partial charge >= 0.3 is 11.9 Å². The first kappa shape index (κ1) is 19.5. The summed E-state index contributed by atoms with van der Waals surface area (Å²) in [5, 5.41) is 0. The molecule has 0 aliphatic heterocycles. The van der Waals surface area contributed by atoms with Crippen molar-refractivity contribution >= 4 is 11.9 Å². The highest BCUT2D eigenvalue weighted by molar-refractivity contribution is 6.01. The highest BCUT2D eigenvalue weighted by atomic mass is 16.6. The normalized spacial score (nSPS) is 14.0. The Hall–Kier alpha value is -1.46. The minimum absolute atomic E-state index is 0.137. The average molecular weight is 298 g/mol. The third-order valence-corrected chi connectivity index (χ3v) is 3.03. The summed E-state index contributed by atoms with van der Waals surface area (Å²) in [4.78, 5) is 23.4. The van der Waals surface area contributed by atoms with Crippen LogP contribution in [0.4, 0.5) is 0 Å². The number of carbonyl (C=O) groups is 2. The molecule has 0 aromatic carbocycles. The zero-order chi connectivity index (χ0) is 16.3. The number of rotatable bonds is 9. The van der Waals surface area contributed by atoms with Crippen LogP contribution in [0.2, 0.25) is 0 Å². The third kappa shape index (κ3) is 9.15. The molecule has 5 heteroatoms. The molecule has 0 aliphatic rings. The van der Waals surface area contributed by atoms with Gasteiger partial charge in [-0.25, -0.2) is 9.59 Å². The molecular weight excluding hydrogens is 272 g/mol. The van der Waals surface area contributed by atoms with Gasteiger partial charge in [-0.05, 0) is 40.0 Å². The third-order valence-electron chi connectivity index (χ3n) is 3.03. The Kier molecular flexibility index (Phi) is 10.4. The van der Waals surface area contributed by atoms with Crippen LogP contribution in [-0.4, -0.2) is 38.9 Å². The Balaban J connectivity index is 4.30. The molecule has 0 heterocycles. The highest BCUT2D eigenvalue weighted by Gasteiger charge is 2.13. The van der Waals surface area contributed by atoms with Crippen molar-refractivity contribution in [2.75, 3.05) is 20.8 Å². The molecule has 0 saturated carbocycles. The molecule has 0 aromatic heterocycles. The van der Waals surface area contributed by atoms with Crippen molar-refractivity contribution < 1.29 is 23.8 Å². The molecule has 0 spiro atoms. The predicted molar refractivity (Wildman–Crippen MR) is 80.8 cm³/mol. The molecule has 1 atom stereocenters. The Bertz CT molecular complexity index is 395. The topological polar surface area (TPSA) is 61.8 Å². The van der Waals surface area contributed by atoms with E-state index in [0.29, 0.717) is 30.6 Å². The summed E-state index contributed by atoms with van der Waals surface area (Å²) in [5.74, 6) is -1.22. The predicted octanol–water partition coefficient (Wildman–Crippen LogP) is 2.80. The zero-order valence-corrected chi connectivity index (χ0v) is 13.6. The van der Waals surface area contributed by atoms with Gasteiger partial charge in [0, 0.05) is 32.0 Å². The van der Waals surface area contributed by atoms with Gasteiger partial charge in [0.05, 0.1) is 6.10 Å². The molecule has 0 aromatic rings. The van der Waals surface area contributed by atoms with E-state index in [1.165, 1.54) is 0 Å². The lowest BCUT2D eigenvalue weighted by molar-refractivity contribution is -0.154. The number of esters is 2. The summed E-state index contributed by atoms with van der Waals surface area (Å²) in [6, 6.07) is 0. The van der Waals surface area contributed by atoms with Crippen LogP contribution in [-0.2, 0) is 23.8 Å². The average Bonchev–Trinajstić information content (AvgIpc) is 2.46. The van der Waals surface area contributed by atoms with Crippen LogP contribution in [0.5, 0.6) is 0 Å². The maximum atomic E-state index is 11.7. The maximum absolute atomic E-state index is 11.7. The van der Waals surface area contributed by atoms with Crippen LogP contribution in [0, 0.1) is 0 Å². The molecule has 0 radical (unpaired) electrons. The summed E-state index contributed by atoms with van der Waals surface area (Å²) < 4.78 is 14.8. The van der Waals surface area contributed by atoms with E-state index < -0.39 is 11.9 Å². The standard InChI is InChI=1S/C16H26O5/c1-12(8-6-10-14(3)20-5)15(17)21-16(18)13(2)9-7-11-19-4/h8-9,14H,6-7,10-11H2,1-5H3. The Morgan fingerprint density at radius 3 is 2.00 bits per heavy atom. The van der Waals surface area contributed by atoms with Crippen LogP contribution in [0.25, 0.3) is 0 Å². The van der Waals surface area contributed by atoms with E-state index in [1.54, 1.807) is 40.2 Å². The van der Waals surface area contributed by atoms with Crippen molar-refractivity contribution in [2.45, 2.75) is 46.1 Å². The second-order valence-corrected chi connectivity index (χ2v) is 4.86. The molecule has 120 valence electrons. The highest BCUT2D eigenvalue weighted by Crippen LogP contribution is 2.07. The van der Waals surface area contributed by atoms with Crippen molar-refractivity contribution in [3.63, 3.8) is 0 Å². The smallest absolute Gasteiger partial charge is 0.341 e. The number of hydrogen-bond acceptors (Lipinski definition) is 5. The van der Waals surface area contributed by atoms with E-state index in [9.17, 15) is 9.59 Å². The van der Waals surface area contributed by atoms with Crippen molar-refractivity contribution in [1.82, 2.24) is 0 Å². The molecular formula is C16H26O5. The quantitative estimate of drug-likeness (QED) is 0.283. The molecule has 0 aliphatic carbocycles. The molecule has 0 bridgehead atoms. The van der Waals surface area contributed by atoms with Crippen molar-refractivity contribution in [3.8, 4) is 0 Å². The van der Waals surface area contributed by atoms with Crippen LogP contribution in [0.3, 0.4) is 0 Å². The molecule has 1 unspecified atom stereocenters. The van der Waals surface area contributed by atoms with Crippen molar-refractivity contribution in [2.24, 2.45) is 0 Å². The monoisotopic (exact) mass is 298 g/mol. The van der Waals surface area contributed by atoms with E-state index >= 15 is 0 Å². The number of methoxy groups -OCH3 is 2. The van der Waals surface area contributed by atoms with Crippen molar-refractivity contribution in [1.29, 1.82) is 0 Å². The molecule has 5 nitrogen and oxygen atoms in total. The summed E-state index contributed by atoms with van der Waals surface area (Å²) in [6.45, 7) is 5.73. The first-order valence-corrected chi connectivity index (χ1v) is 7.04. The molecule has 0 amide bonds. The Morgan fingerprint density at radius 2 is 1.52 bits per heavy atom. The number of ether oxygens (including phenoxy) is 3. The van der Waals surface area contributed by atoms with Crippen LogP contribution >= 0.6 is 0 Å². The maximum Gasteiger partial charge on any atom is 0.341 e. The number of allylic oxidation sites excluding steroid dienone is 1. The van der Waals surface area contributed by atoms with Crippen LogP contribution < -0.4 is 0 Å². The molecule has 0 saturated heterocycles. The summed E-state index contributed by atoms with van der Waals surface area (Å²) in [7, 11) is 3.23. The van der Waals surface area contributed by atoms with E-state index in [2.05, 4.69) is 0 Å². The minimum atomic E-state index is -0.617. The Labute approximate surface area is 126 Å². The molecule has 0 fully saturated rings. The van der Waals surface area contributed by atoms with Crippen LogP contribution in [0.1, 0.15) is 40.0 Å². The fraction of sp³-hybridized carbons (Fsp3) is 0.625. The summed E-state index contributed by atoms with van der Waals surface area (Å²) in [5.41, 5.74) is 0.831. The first-order valence-electron chi connectivity index (χ1n) is 7.04. The number of carbonyl (C=O) groups excluding carboxylic acids is 2. The lowest BCUT2D eigenvalue weighted by atomic mass is 10.1.